The molecule has 0 fully saturated rings. The maximum atomic E-state index is 12.4. The van der Waals surface area contributed by atoms with E-state index in [2.05, 4.69) is 4.98 Å². The Hall–Kier alpha value is -1.23. The lowest BCUT2D eigenvalue weighted by molar-refractivity contribution is 0.0779. The number of amides is 1. The molecule has 0 atom stereocenters. The van der Waals surface area contributed by atoms with Crippen molar-refractivity contribution in [2.75, 3.05) is 13.3 Å². The summed E-state index contributed by atoms with van der Waals surface area (Å²) in [5, 5.41) is 0.550. The second-order valence-corrected chi connectivity index (χ2v) is 6.15. The number of halogens is 2. The van der Waals surface area contributed by atoms with E-state index in [1.54, 1.807) is 35.8 Å². The van der Waals surface area contributed by atoms with Gasteiger partial charge in [-0.25, -0.2) is 4.98 Å². The summed E-state index contributed by atoms with van der Waals surface area (Å²) in [7, 11) is 1.71. The topological polar surface area (TPSA) is 33.2 Å². The SMILES string of the molecule is CSc1ccc(CN(C)C(=O)c2nc(Cl)ccc2Cl)cc1. The molecule has 0 aliphatic carbocycles. The third-order valence-corrected chi connectivity index (χ3v) is 4.20. The third kappa shape index (κ3) is 4.13. The summed E-state index contributed by atoms with van der Waals surface area (Å²) < 4.78 is 0. The zero-order valence-corrected chi connectivity index (χ0v) is 14.0. The van der Waals surface area contributed by atoms with Gasteiger partial charge in [0.2, 0.25) is 0 Å². The van der Waals surface area contributed by atoms with Gasteiger partial charge in [-0.1, -0.05) is 35.3 Å². The van der Waals surface area contributed by atoms with Crippen LogP contribution in [0.1, 0.15) is 16.1 Å². The number of pyridine rings is 1. The Morgan fingerprint density at radius 3 is 2.48 bits per heavy atom. The number of hydrogen-bond acceptors (Lipinski definition) is 3. The first-order chi connectivity index (χ1) is 10.0. The summed E-state index contributed by atoms with van der Waals surface area (Å²) in [6, 6.07) is 11.2. The van der Waals surface area contributed by atoms with Crippen molar-refractivity contribution in [2.45, 2.75) is 11.4 Å². The van der Waals surface area contributed by atoms with Crippen molar-refractivity contribution < 1.29 is 4.79 Å². The Morgan fingerprint density at radius 1 is 1.19 bits per heavy atom. The van der Waals surface area contributed by atoms with Gasteiger partial charge in [-0.2, -0.15) is 0 Å². The highest BCUT2D eigenvalue weighted by Gasteiger charge is 2.17. The molecule has 3 nitrogen and oxygen atoms in total. The van der Waals surface area contributed by atoms with Crippen molar-refractivity contribution >= 4 is 40.9 Å². The number of nitrogens with zero attached hydrogens (tertiary/aromatic N) is 2. The fourth-order valence-corrected chi connectivity index (χ4v) is 2.57. The molecule has 0 N–H and O–H groups in total. The van der Waals surface area contributed by atoms with E-state index >= 15 is 0 Å². The van der Waals surface area contributed by atoms with Crippen molar-refractivity contribution in [3.05, 3.63) is 57.8 Å². The first kappa shape index (κ1) is 16.1. The van der Waals surface area contributed by atoms with Gasteiger partial charge in [-0.15, -0.1) is 11.8 Å². The van der Waals surface area contributed by atoms with Crippen molar-refractivity contribution in [2.24, 2.45) is 0 Å². The minimum Gasteiger partial charge on any atom is -0.336 e. The second-order valence-electron chi connectivity index (χ2n) is 4.47. The summed E-state index contributed by atoms with van der Waals surface area (Å²) >= 11 is 13.5. The molecule has 1 aromatic heterocycles. The van der Waals surface area contributed by atoms with E-state index in [4.69, 9.17) is 23.2 Å². The van der Waals surface area contributed by atoms with E-state index in [-0.39, 0.29) is 16.8 Å². The average molecular weight is 341 g/mol. The molecular formula is C15H14Cl2N2OS. The molecule has 2 aromatic rings. The van der Waals surface area contributed by atoms with Crippen LogP contribution in [0.3, 0.4) is 0 Å². The van der Waals surface area contributed by atoms with Crippen LogP contribution >= 0.6 is 35.0 Å². The van der Waals surface area contributed by atoms with Crippen LogP contribution in [0.15, 0.2) is 41.3 Å². The largest absolute Gasteiger partial charge is 0.336 e. The molecule has 0 aliphatic heterocycles. The van der Waals surface area contributed by atoms with Gasteiger partial charge in [0.25, 0.3) is 5.91 Å². The number of carbonyl (C=O) groups is 1. The van der Waals surface area contributed by atoms with E-state index in [0.717, 1.165) is 5.56 Å². The monoisotopic (exact) mass is 340 g/mol. The van der Waals surface area contributed by atoms with Crippen LogP contribution in [0.25, 0.3) is 0 Å². The summed E-state index contributed by atoms with van der Waals surface area (Å²) in [5.41, 5.74) is 1.22. The highest BCUT2D eigenvalue weighted by atomic mass is 35.5. The number of benzene rings is 1. The van der Waals surface area contributed by atoms with Crippen LogP contribution in [0.5, 0.6) is 0 Å². The highest BCUT2D eigenvalue weighted by Crippen LogP contribution is 2.20. The van der Waals surface area contributed by atoms with Gasteiger partial charge in [0.05, 0.1) is 5.02 Å². The van der Waals surface area contributed by atoms with Crippen molar-refractivity contribution in [1.82, 2.24) is 9.88 Å². The van der Waals surface area contributed by atoms with E-state index in [9.17, 15) is 4.79 Å². The van der Waals surface area contributed by atoms with Gasteiger partial charge in [-0.05, 0) is 36.1 Å². The smallest absolute Gasteiger partial charge is 0.274 e. The Balaban J connectivity index is 2.13. The predicted molar refractivity (Wildman–Crippen MR) is 88.3 cm³/mol. The van der Waals surface area contributed by atoms with Gasteiger partial charge in [0.15, 0.2) is 0 Å². The van der Waals surface area contributed by atoms with Crippen molar-refractivity contribution in [3.63, 3.8) is 0 Å². The zero-order chi connectivity index (χ0) is 15.4. The Bertz CT molecular complexity index is 647. The van der Waals surface area contributed by atoms with Gasteiger partial charge in [0.1, 0.15) is 10.8 Å². The number of hydrogen-bond donors (Lipinski definition) is 0. The average Bonchev–Trinajstić information content (AvgIpc) is 2.49. The van der Waals surface area contributed by atoms with Gasteiger partial charge in [-0.3, -0.25) is 4.79 Å². The van der Waals surface area contributed by atoms with Crippen molar-refractivity contribution in [1.29, 1.82) is 0 Å². The molecule has 110 valence electrons. The maximum Gasteiger partial charge on any atom is 0.274 e. The molecule has 0 radical (unpaired) electrons. The van der Waals surface area contributed by atoms with Crippen molar-refractivity contribution in [3.8, 4) is 0 Å². The molecule has 0 saturated carbocycles. The zero-order valence-electron chi connectivity index (χ0n) is 11.6. The molecule has 1 heterocycles. The fraction of sp³-hybridized carbons (Fsp3) is 0.200. The number of thioether (sulfide) groups is 1. The fourth-order valence-electron chi connectivity index (χ4n) is 1.83. The quantitative estimate of drug-likeness (QED) is 0.611. The first-order valence-electron chi connectivity index (χ1n) is 6.21. The molecule has 6 heteroatoms. The lowest BCUT2D eigenvalue weighted by Crippen LogP contribution is -2.27. The van der Waals surface area contributed by atoms with Crippen LogP contribution < -0.4 is 0 Å². The summed E-state index contributed by atoms with van der Waals surface area (Å²) in [6.07, 6.45) is 2.03. The normalized spacial score (nSPS) is 10.5. The maximum absolute atomic E-state index is 12.4. The lowest BCUT2D eigenvalue weighted by Gasteiger charge is -2.17. The Kier molecular flexibility index (Phi) is 5.51. The third-order valence-electron chi connectivity index (χ3n) is 2.94. The lowest BCUT2D eigenvalue weighted by atomic mass is 10.2. The first-order valence-corrected chi connectivity index (χ1v) is 8.20. The molecule has 21 heavy (non-hydrogen) atoms. The predicted octanol–water partition coefficient (Wildman–Crippen LogP) is 4.38. The molecule has 0 aliphatic rings. The van der Waals surface area contributed by atoms with E-state index in [1.807, 2.05) is 30.5 Å². The van der Waals surface area contributed by atoms with Crippen LogP contribution in [-0.2, 0) is 6.54 Å². The van der Waals surface area contributed by atoms with E-state index in [0.29, 0.717) is 11.6 Å². The Morgan fingerprint density at radius 2 is 1.86 bits per heavy atom. The van der Waals surface area contributed by atoms with E-state index < -0.39 is 0 Å². The van der Waals surface area contributed by atoms with Crippen LogP contribution in [0, 0.1) is 0 Å². The second kappa shape index (κ2) is 7.16. The number of aromatic nitrogens is 1. The molecule has 0 saturated heterocycles. The summed E-state index contributed by atoms with van der Waals surface area (Å²) in [6.45, 7) is 0.484. The Labute approximate surface area is 138 Å². The molecule has 2 rings (SSSR count). The molecular weight excluding hydrogens is 327 g/mol. The minimum atomic E-state index is -0.253. The molecule has 1 amide bonds. The minimum absolute atomic E-state index is 0.174. The molecule has 1 aromatic carbocycles. The van der Waals surface area contributed by atoms with Crippen LogP contribution in [-0.4, -0.2) is 29.1 Å². The van der Waals surface area contributed by atoms with Gasteiger partial charge >= 0.3 is 0 Å². The van der Waals surface area contributed by atoms with Crippen LogP contribution in [0.2, 0.25) is 10.2 Å². The van der Waals surface area contributed by atoms with Crippen LogP contribution in [0.4, 0.5) is 0 Å². The molecule has 0 unspecified atom stereocenters. The highest BCUT2D eigenvalue weighted by molar-refractivity contribution is 7.98. The molecule has 0 bridgehead atoms. The summed E-state index contributed by atoms with van der Waals surface area (Å²) in [5.74, 6) is -0.253. The number of carbonyl (C=O) groups excluding carboxylic acids is 1. The molecule has 0 spiro atoms. The summed E-state index contributed by atoms with van der Waals surface area (Å²) in [4.78, 5) is 19.1. The van der Waals surface area contributed by atoms with Gasteiger partial charge < -0.3 is 4.90 Å². The number of rotatable bonds is 4. The standard InChI is InChI=1S/C15H14Cl2N2OS/c1-19(9-10-3-5-11(21-2)6-4-10)15(20)14-12(16)7-8-13(17)18-14/h3-8H,9H2,1-2H3. The van der Waals surface area contributed by atoms with Gasteiger partial charge in [0, 0.05) is 18.5 Å². The van der Waals surface area contributed by atoms with E-state index in [1.165, 1.54) is 4.90 Å².